The minimum absolute atomic E-state index is 0.0158. The lowest BCUT2D eigenvalue weighted by Gasteiger charge is -2.15. The van der Waals surface area contributed by atoms with E-state index in [-0.39, 0.29) is 19.6 Å². The SMILES string of the molecule is C=C(C(=C\C=C/C)/C(=N/N)NN)c1ccc(Cn2c(CCCC)nc(Cl)c2COC(=O)CCO)cc1. The van der Waals surface area contributed by atoms with Gasteiger partial charge in [-0.1, -0.05) is 74.0 Å². The smallest absolute Gasteiger partial charge is 0.308 e. The number of aliphatic hydroxyl groups excluding tert-OH is 1. The molecule has 1 aromatic heterocycles. The van der Waals surface area contributed by atoms with Crippen LogP contribution in [0.15, 0.2) is 59.7 Å². The van der Waals surface area contributed by atoms with Crippen molar-refractivity contribution in [2.75, 3.05) is 6.61 Å². The van der Waals surface area contributed by atoms with E-state index in [2.05, 4.69) is 29.0 Å². The molecular weight excluding hydrogens is 480 g/mol. The van der Waals surface area contributed by atoms with Crippen molar-refractivity contribution in [1.29, 1.82) is 0 Å². The maximum atomic E-state index is 11.8. The van der Waals surface area contributed by atoms with Gasteiger partial charge in [0.1, 0.15) is 12.4 Å². The van der Waals surface area contributed by atoms with Crippen molar-refractivity contribution < 1.29 is 14.6 Å². The Morgan fingerprint density at radius 2 is 2.08 bits per heavy atom. The van der Waals surface area contributed by atoms with E-state index in [0.29, 0.717) is 34.4 Å². The zero-order valence-electron chi connectivity index (χ0n) is 20.8. The van der Waals surface area contributed by atoms with Crippen LogP contribution in [-0.2, 0) is 29.1 Å². The third-order valence-corrected chi connectivity index (χ3v) is 5.79. The van der Waals surface area contributed by atoms with Gasteiger partial charge in [-0.15, -0.1) is 0 Å². The molecule has 0 aliphatic rings. The fourth-order valence-electron chi connectivity index (χ4n) is 3.52. The second kappa shape index (κ2) is 14.9. The number of esters is 1. The van der Waals surface area contributed by atoms with Crippen LogP contribution in [0, 0.1) is 0 Å². The topological polar surface area (TPSA) is 141 Å². The number of benzene rings is 1. The summed E-state index contributed by atoms with van der Waals surface area (Å²) in [5.41, 5.74) is 6.37. The van der Waals surface area contributed by atoms with Gasteiger partial charge in [0.2, 0.25) is 0 Å². The number of aryl methyl sites for hydroxylation is 1. The first-order chi connectivity index (χ1) is 17.4. The second-order valence-corrected chi connectivity index (χ2v) is 8.35. The molecule has 0 amide bonds. The lowest BCUT2D eigenvalue weighted by atomic mass is 9.97. The van der Waals surface area contributed by atoms with Crippen LogP contribution in [0.3, 0.4) is 0 Å². The van der Waals surface area contributed by atoms with Crippen LogP contribution in [0.2, 0.25) is 5.15 Å². The Morgan fingerprint density at radius 3 is 2.67 bits per heavy atom. The minimum Gasteiger partial charge on any atom is -0.459 e. The molecule has 0 aliphatic carbocycles. The van der Waals surface area contributed by atoms with Crippen molar-refractivity contribution in [2.45, 2.75) is 52.7 Å². The van der Waals surface area contributed by atoms with Gasteiger partial charge in [-0.05, 0) is 30.0 Å². The van der Waals surface area contributed by atoms with E-state index >= 15 is 0 Å². The summed E-state index contributed by atoms with van der Waals surface area (Å²) < 4.78 is 7.28. The average Bonchev–Trinajstić information content (AvgIpc) is 3.17. The Morgan fingerprint density at radius 1 is 1.36 bits per heavy atom. The van der Waals surface area contributed by atoms with Crippen LogP contribution in [-0.4, -0.2) is 33.1 Å². The van der Waals surface area contributed by atoms with Gasteiger partial charge in [0.15, 0.2) is 11.0 Å². The summed E-state index contributed by atoms with van der Waals surface area (Å²) in [5, 5.41) is 13.0. The summed E-state index contributed by atoms with van der Waals surface area (Å²) in [7, 11) is 0. The van der Waals surface area contributed by atoms with Crippen molar-refractivity contribution in [3.05, 3.63) is 82.4 Å². The second-order valence-electron chi connectivity index (χ2n) is 7.99. The Labute approximate surface area is 217 Å². The number of unbranched alkanes of at least 4 members (excludes halogenated alkanes) is 1. The van der Waals surface area contributed by atoms with E-state index in [1.165, 1.54) is 0 Å². The van der Waals surface area contributed by atoms with Crippen molar-refractivity contribution in [2.24, 2.45) is 16.8 Å². The fraction of sp³-hybridized carbons (Fsp3) is 0.346. The fourth-order valence-corrected chi connectivity index (χ4v) is 3.77. The van der Waals surface area contributed by atoms with Gasteiger partial charge >= 0.3 is 5.97 Å². The molecule has 2 aromatic rings. The number of halogens is 1. The lowest BCUT2D eigenvalue weighted by molar-refractivity contribution is -0.145. The number of carbonyl (C=O) groups is 1. The van der Waals surface area contributed by atoms with E-state index in [9.17, 15) is 4.79 Å². The van der Waals surface area contributed by atoms with Crippen LogP contribution in [0.1, 0.15) is 55.8 Å². The molecule has 6 N–H and O–H groups in total. The van der Waals surface area contributed by atoms with Crippen LogP contribution in [0.5, 0.6) is 0 Å². The van der Waals surface area contributed by atoms with E-state index < -0.39 is 5.97 Å². The number of nitrogens with one attached hydrogen (secondary N) is 1. The normalized spacial score (nSPS) is 12.2. The first kappa shape index (κ1) is 28.8. The predicted molar refractivity (Wildman–Crippen MR) is 144 cm³/mol. The third-order valence-electron chi connectivity index (χ3n) is 5.49. The first-order valence-corrected chi connectivity index (χ1v) is 12.1. The van der Waals surface area contributed by atoms with Crippen LogP contribution >= 0.6 is 11.6 Å². The van der Waals surface area contributed by atoms with Gasteiger partial charge < -0.3 is 25.7 Å². The first-order valence-electron chi connectivity index (χ1n) is 11.8. The maximum absolute atomic E-state index is 11.8. The molecule has 0 atom stereocenters. The molecule has 36 heavy (non-hydrogen) atoms. The number of allylic oxidation sites excluding steroid dienone is 3. The highest BCUT2D eigenvalue weighted by molar-refractivity contribution is 6.30. The number of rotatable bonds is 13. The monoisotopic (exact) mass is 514 g/mol. The molecule has 0 aliphatic heterocycles. The Kier molecular flexibility index (Phi) is 11.9. The molecule has 194 valence electrons. The Hall–Kier alpha value is -3.40. The van der Waals surface area contributed by atoms with Gasteiger partial charge in [0.05, 0.1) is 18.7 Å². The number of imidazole rings is 1. The third kappa shape index (κ3) is 7.81. The lowest BCUT2D eigenvalue weighted by Crippen LogP contribution is -2.33. The van der Waals surface area contributed by atoms with Crippen molar-refractivity contribution in [3.63, 3.8) is 0 Å². The van der Waals surface area contributed by atoms with E-state index in [0.717, 1.165) is 36.2 Å². The molecule has 0 bridgehead atoms. The zero-order chi connectivity index (χ0) is 26.5. The standard InChI is InChI=1S/C26H35ClN6O3/c1-4-6-8-21(26(31-28)32-29)18(3)20-12-10-19(11-13-20)16-33-22(17-36-24(35)14-15-34)25(27)30-23(33)9-7-5-2/h4,6,8,10-13,34H,3,5,7,9,14-17,28-29H2,1-2H3,(H,31,32)/b6-4-,21-8+. The molecule has 0 radical (unpaired) electrons. The van der Waals surface area contributed by atoms with Gasteiger partial charge in [0.25, 0.3) is 0 Å². The van der Waals surface area contributed by atoms with Gasteiger partial charge in [-0.3, -0.25) is 4.79 Å². The maximum Gasteiger partial charge on any atom is 0.308 e. The van der Waals surface area contributed by atoms with Crippen LogP contribution in [0.25, 0.3) is 5.57 Å². The number of aliphatic hydroxyl groups is 1. The summed E-state index contributed by atoms with van der Waals surface area (Å²) >= 11 is 6.42. The highest BCUT2D eigenvalue weighted by atomic mass is 35.5. The van der Waals surface area contributed by atoms with Crippen LogP contribution < -0.4 is 17.1 Å². The number of nitrogens with two attached hydrogens (primary N) is 2. The number of aromatic nitrogens is 2. The van der Waals surface area contributed by atoms with E-state index in [4.69, 9.17) is 33.1 Å². The molecule has 0 unspecified atom stereocenters. The number of hydrazine groups is 1. The number of ether oxygens (including phenoxy) is 1. The Bertz CT molecular complexity index is 1120. The van der Waals surface area contributed by atoms with Gasteiger partial charge in [-0.2, -0.15) is 5.10 Å². The number of carbonyl (C=O) groups excluding carboxylic acids is 1. The van der Waals surface area contributed by atoms with Gasteiger partial charge in [-0.25, -0.2) is 10.8 Å². The van der Waals surface area contributed by atoms with Crippen LogP contribution in [0.4, 0.5) is 0 Å². The molecular formula is C26H35ClN6O3. The molecule has 1 aromatic carbocycles. The summed E-state index contributed by atoms with van der Waals surface area (Å²) in [6.45, 7) is 8.43. The predicted octanol–water partition coefficient (Wildman–Crippen LogP) is 3.60. The Balaban J connectivity index is 2.33. The minimum atomic E-state index is -0.492. The summed E-state index contributed by atoms with van der Waals surface area (Å²) in [5.74, 6) is 11.7. The highest BCUT2D eigenvalue weighted by Gasteiger charge is 2.18. The number of hydrogen-bond acceptors (Lipinski definition) is 7. The average molecular weight is 515 g/mol. The highest BCUT2D eigenvalue weighted by Crippen LogP contribution is 2.25. The summed E-state index contributed by atoms with van der Waals surface area (Å²) in [6.07, 6.45) is 8.22. The molecule has 1 heterocycles. The van der Waals surface area contributed by atoms with Crippen molar-refractivity contribution in [1.82, 2.24) is 15.0 Å². The number of hydrazone groups is 1. The van der Waals surface area contributed by atoms with Gasteiger partial charge in [0, 0.05) is 18.5 Å². The number of hydrogen-bond donors (Lipinski definition) is 4. The van der Waals surface area contributed by atoms with Crippen molar-refractivity contribution in [3.8, 4) is 0 Å². The molecule has 0 spiro atoms. The molecule has 0 saturated heterocycles. The number of amidine groups is 1. The largest absolute Gasteiger partial charge is 0.459 e. The number of nitrogens with zero attached hydrogens (tertiary/aromatic N) is 3. The summed E-state index contributed by atoms with van der Waals surface area (Å²) in [6, 6.07) is 7.89. The quantitative estimate of drug-likeness (QED) is 0.0798. The molecule has 10 heteroatoms. The molecule has 2 rings (SSSR count). The molecule has 0 fully saturated rings. The van der Waals surface area contributed by atoms with Crippen molar-refractivity contribution >= 4 is 29.0 Å². The van der Waals surface area contributed by atoms with E-state index in [1.807, 2.05) is 54.0 Å². The van der Waals surface area contributed by atoms with E-state index in [1.54, 1.807) is 0 Å². The molecule has 9 nitrogen and oxygen atoms in total. The molecule has 0 saturated carbocycles. The zero-order valence-corrected chi connectivity index (χ0v) is 21.6. The summed E-state index contributed by atoms with van der Waals surface area (Å²) in [4.78, 5) is 16.3.